The molecule has 18 heavy (non-hydrogen) atoms. The molecule has 0 aliphatic carbocycles. The van der Waals surface area contributed by atoms with Crippen LogP contribution in [-0.4, -0.2) is 15.9 Å². The number of rotatable bonds is 2. The zero-order valence-electron chi connectivity index (χ0n) is 10.6. The number of hydrogen-bond donors (Lipinski definition) is 1. The van der Waals surface area contributed by atoms with Crippen molar-refractivity contribution < 1.29 is 0 Å². The summed E-state index contributed by atoms with van der Waals surface area (Å²) in [5.74, 6) is 0.382. The van der Waals surface area contributed by atoms with E-state index in [1.807, 2.05) is 32.9 Å². The van der Waals surface area contributed by atoms with E-state index in [1.54, 1.807) is 17.1 Å². The molecule has 5 heteroatoms. The fourth-order valence-electron chi connectivity index (χ4n) is 1.66. The number of nitrogen functional groups attached to an aromatic ring is 1. The zero-order valence-corrected chi connectivity index (χ0v) is 11.4. The second-order valence-electron chi connectivity index (χ2n) is 4.29. The quantitative estimate of drug-likeness (QED) is 0.846. The smallest absolute Gasteiger partial charge is 0.221 e. The van der Waals surface area contributed by atoms with E-state index in [0.29, 0.717) is 5.95 Å². The summed E-state index contributed by atoms with van der Waals surface area (Å²) < 4.78 is 1.55. The predicted octanol–water partition coefficient (Wildman–Crippen LogP) is 2.93. The predicted molar refractivity (Wildman–Crippen MR) is 75.3 cm³/mol. The van der Waals surface area contributed by atoms with E-state index in [-0.39, 0.29) is 0 Å². The summed E-state index contributed by atoms with van der Waals surface area (Å²) in [6, 6.07) is 3.93. The second-order valence-corrected chi connectivity index (χ2v) is 4.69. The van der Waals surface area contributed by atoms with Gasteiger partial charge in [-0.15, -0.1) is 0 Å². The average Bonchev–Trinajstić information content (AvgIpc) is 2.61. The lowest BCUT2D eigenvalue weighted by molar-refractivity contribution is 0.896. The van der Waals surface area contributed by atoms with Crippen LogP contribution in [-0.2, 0) is 0 Å². The largest absolute Gasteiger partial charge is 0.368 e. The molecule has 0 aliphatic heterocycles. The maximum absolute atomic E-state index is 6.05. The van der Waals surface area contributed by atoms with Crippen LogP contribution in [0.25, 0.3) is 0 Å². The Bertz CT molecular complexity index is 614. The number of benzene rings is 1. The standard InChI is InChI=1S/C13H15ClN4/c1-8-5-12(14)9(2)4-11(8)6-16-18-7-10(3)17-13(18)15/h4-7H,1-3H3,(H2,15,17). The summed E-state index contributed by atoms with van der Waals surface area (Å²) in [6.07, 6.45) is 3.54. The van der Waals surface area contributed by atoms with Gasteiger partial charge in [-0.1, -0.05) is 11.6 Å². The van der Waals surface area contributed by atoms with Crippen molar-refractivity contribution in [2.75, 3.05) is 5.73 Å². The summed E-state index contributed by atoms with van der Waals surface area (Å²) in [5.41, 5.74) is 9.67. The van der Waals surface area contributed by atoms with E-state index in [2.05, 4.69) is 10.1 Å². The minimum atomic E-state index is 0.382. The van der Waals surface area contributed by atoms with E-state index in [4.69, 9.17) is 17.3 Å². The van der Waals surface area contributed by atoms with Crippen LogP contribution in [0.3, 0.4) is 0 Å². The fraction of sp³-hybridized carbons (Fsp3) is 0.231. The van der Waals surface area contributed by atoms with E-state index in [9.17, 15) is 0 Å². The molecule has 2 N–H and O–H groups in total. The van der Waals surface area contributed by atoms with Crippen molar-refractivity contribution in [1.82, 2.24) is 9.66 Å². The van der Waals surface area contributed by atoms with E-state index in [1.165, 1.54) is 0 Å². The van der Waals surface area contributed by atoms with Gasteiger partial charge in [-0.3, -0.25) is 0 Å². The molecule has 0 atom stereocenters. The SMILES string of the molecule is Cc1cn(N=Cc2cc(C)c(Cl)cc2C)c(N)n1. The Morgan fingerprint density at radius 3 is 2.61 bits per heavy atom. The van der Waals surface area contributed by atoms with Gasteiger partial charge in [-0.05, 0) is 49.6 Å². The highest BCUT2D eigenvalue weighted by Gasteiger charge is 2.02. The lowest BCUT2D eigenvalue weighted by Crippen LogP contribution is -1.98. The highest BCUT2D eigenvalue weighted by atomic mass is 35.5. The van der Waals surface area contributed by atoms with Crippen LogP contribution in [0.4, 0.5) is 5.95 Å². The first-order valence-electron chi connectivity index (χ1n) is 5.60. The molecule has 0 radical (unpaired) electrons. The lowest BCUT2D eigenvalue weighted by Gasteiger charge is -2.04. The van der Waals surface area contributed by atoms with Crippen molar-refractivity contribution in [2.45, 2.75) is 20.8 Å². The maximum Gasteiger partial charge on any atom is 0.221 e. The molecule has 1 heterocycles. The Morgan fingerprint density at radius 2 is 2.00 bits per heavy atom. The number of aryl methyl sites for hydroxylation is 3. The van der Waals surface area contributed by atoms with Crippen LogP contribution >= 0.6 is 11.6 Å². The van der Waals surface area contributed by atoms with E-state index in [0.717, 1.165) is 27.4 Å². The molecule has 1 aromatic heterocycles. The Balaban J connectivity index is 2.34. The van der Waals surface area contributed by atoms with E-state index < -0.39 is 0 Å². The summed E-state index contributed by atoms with van der Waals surface area (Å²) in [5, 5.41) is 5.06. The first kappa shape index (κ1) is 12.6. The summed E-state index contributed by atoms with van der Waals surface area (Å²) in [4.78, 5) is 4.08. The van der Waals surface area contributed by atoms with Gasteiger partial charge in [0.2, 0.25) is 5.95 Å². The molecular weight excluding hydrogens is 248 g/mol. The zero-order chi connectivity index (χ0) is 13.3. The fourth-order valence-corrected chi connectivity index (χ4v) is 1.88. The van der Waals surface area contributed by atoms with Gasteiger partial charge in [0.25, 0.3) is 0 Å². The van der Waals surface area contributed by atoms with Gasteiger partial charge >= 0.3 is 0 Å². The van der Waals surface area contributed by atoms with E-state index >= 15 is 0 Å². The van der Waals surface area contributed by atoms with Gasteiger partial charge in [0.1, 0.15) is 0 Å². The minimum Gasteiger partial charge on any atom is -0.368 e. The van der Waals surface area contributed by atoms with Crippen molar-refractivity contribution in [3.05, 3.63) is 45.7 Å². The van der Waals surface area contributed by atoms with Gasteiger partial charge in [0, 0.05) is 5.02 Å². The lowest BCUT2D eigenvalue weighted by atomic mass is 10.1. The number of nitrogens with zero attached hydrogens (tertiary/aromatic N) is 3. The van der Waals surface area contributed by atoms with Crippen LogP contribution in [0, 0.1) is 20.8 Å². The molecule has 4 nitrogen and oxygen atoms in total. The molecule has 0 spiro atoms. The summed E-state index contributed by atoms with van der Waals surface area (Å²) in [7, 11) is 0. The third-order valence-electron chi connectivity index (χ3n) is 2.70. The van der Waals surface area contributed by atoms with Gasteiger partial charge in [0.05, 0.1) is 18.1 Å². The Hall–Kier alpha value is -1.81. The number of imidazole rings is 1. The highest BCUT2D eigenvalue weighted by molar-refractivity contribution is 6.31. The third-order valence-corrected chi connectivity index (χ3v) is 3.11. The number of halogens is 1. The van der Waals surface area contributed by atoms with Gasteiger partial charge < -0.3 is 5.73 Å². The van der Waals surface area contributed by atoms with Crippen LogP contribution < -0.4 is 5.73 Å². The molecule has 0 unspecified atom stereocenters. The normalized spacial score (nSPS) is 11.3. The van der Waals surface area contributed by atoms with Gasteiger partial charge in [-0.25, -0.2) is 9.66 Å². The monoisotopic (exact) mass is 262 g/mol. The molecular formula is C13H15ClN4. The van der Waals surface area contributed by atoms with Crippen molar-refractivity contribution in [1.29, 1.82) is 0 Å². The summed E-state index contributed by atoms with van der Waals surface area (Å²) in [6.45, 7) is 5.84. The number of aromatic nitrogens is 2. The number of hydrogen-bond acceptors (Lipinski definition) is 3. The average molecular weight is 263 g/mol. The van der Waals surface area contributed by atoms with Crippen molar-refractivity contribution in [3.8, 4) is 0 Å². The minimum absolute atomic E-state index is 0.382. The van der Waals surface area contributed by atoms with Crippen LogP contribution in [0.15, 0.2) is 23.4 Å². The highest BCUT2D eigenvalue weighted by Crippen LogP contribution is 2.19. The van der Waals surface area contributed by atoms with Gasteiger partial charge in [0.15, 0.2) is 0 Å². The number of anilines is 1. The molecule has 0 aliphatic rings. The van der Waals surface area contributed by atoms with Crippen molar-refractivity contribution >= 4 is 23.8 Å². The molecule has 0 fully saturated rings. The second kappa shape index (κ2) is 4.82. The van der Waals surface area contributed by atoms with Crippen LogP contribution in [0.2, 0.25) is 5.02 Å². The maximum atomic E-state index is 6.05. The molecule has 0 bridgehead atoms. The Kier molecular flexibility index (Phi) is 3.39. The van der Waals surface area contributed by atoms with Gasteiger partial charge in [-0.2, -0.15) is 5.10 Å². The molecule has 0 amide bonds. The molecule has 94 valence electrons. The Morgan fingerprint density at radius 1 is 1.28 bits per heavy atom. The van der Waals surface area contributed by atoms with Crippen molar-refractivity contribution in [3.63, 3.8) is 0 Å². The first-order valence-corrected chi connectivity index (χ1v) is 5.97. The molecule has 0 saturated carbocycles. The van der Waals surface area contributed by atoms with Crippen molar-refractivity contribution in [2.24, 2.45) is 5.10 Å². The first-order chi connectivity index (χ1) is 8.47. The molecule has 1 aromatic carbocycles. The topological polar surface area (TPSA) is 56.2 Å². The molecule has 0 saturated heterocycles. The van der Waals surface area contributed by atoms with Crippen LogP contribution in [0.5, 0.6) is 0 Å². The third kappa shape index (κ3) is 2.54. The molecule has 2 aromatic rings. The Labute approximate surface area is 111 Å². The summed E-state index contributed by atoms with van der Waals surface area (Å²) >= 11 is 6.05. The van der Waals surface area contributed by atoms with Crippen LogP contribution in [0.1, 0.15) is 22.4 Å². The molecule has 2 rings (SSSR count). The number of nitrogens with two attached hydrogens (primary N) is 1.